The van der Waals surface area contributed by atoms with Crippen molar-refractivity contribution in [2.24, 2.45) is 0 Å². The molecule has 0 saturated carbocycles. The predicted molar refractivity (Wildman–Crippen MR) is 112 cm³/mol. The summed E-state index contributed by atoms with van der Waals surface area (Å²) in [6.45, 7) is 5.31. The fourth-order valence-corrected chi connectivity index (χ4v) is 3.89. The van der Waals surface area contributed by atoms with E-state index < -0.39 is 21.7 Å². The predicted octanol–water partition coefficient (Wildman–Crippen LogP) is 4.80. The number of rotatable bonds is 5. The zero-order valence-corrected chi connectivity index (χ0v) is 17.1. The van der Waals surface area contributed by atoms with E-state index in [0.29, 0.717) is 22.5 Å². The SMILES string of the molecule is Cc1ccc(NS(=O)(=O)c2ccc(C)c(C(=O)Nc3ccc(F)cc3C)c2)cc1. The quantitative estimate of drug-likeness (QED) is 0.632. The first-order chi connectivity index (χ1) is 13.7. The Morgan fingerprint density at radius 3 is 2.21 bits per heavy atom. The van der Waals surface area contributed by atoms with Crippen LogP contribution in [0.15, 0.2) is 65.6 Å². The normalized spacial score (nSPS) is 11.2. The number of carbonyl (C=O) groups excluding carboxylic acids is 1. The van der Waals surface area contributed by atoms with E-state index in [1.807, 2.05) is 6.92 Å². The summed E-state index contributed by atoms with van der Waals surface area (Å²) in [5, 5.41) is 2.71. The Bertz CT molecular complexity index is 1170. The minimum Gasteiger partial charge on any atom is -0.322 e. The van der Waals surface area contributed by atoms with Crippen LogP contribution >= 0.6 is 0 Å². The number of carbonyl (C=O) groups is 1. The molecule has 0 saturated heterocycles. The molecule has 5 nitrogen and oxygen atoms in total. The highest BCUT2D eigenvalue weighted by atomic mass is 32.2. The molecule has 2 N–H and O–H groups in total. The number of amides is 1. The molecule has 3 aromatic rings. The van der Waals surface area contributed by atoms with Gasteiger partial charge in [0.1, 0.15) is 5.82 Å². The van der Waals surface area contributed by atoms with Crippen molar-refractivity contribution < 1.29 is 17.6 Å². The molecule has 0 fully saturated rings. The molecule has 0 unspecified atom stereocenters. The summed E-state index contributed by atoms with van der Waals surface area (Å²) < 4.78 is 41.3. The Kier molecular flexibility index (Phi) is 5.70. The standard InChI is InChI=1S/C22H21FN2O3S/c1-14-4-8-18(9-5-14)25-29(27,28)19-10-6-15(2)20(13-19)22(26)24-21-11-7-17(23)12-16(21)3/h4-13,25H,1-3H3,(H,24,26). The van der Waals surface area contributed by atoms with E-state index in [4.69, 9.17) is 0 Å². The van der Waals surface area contributed by atoms with Gasteiger partial charge in [0.2, 0.25) is 0 Å². The highest BCUT2D eigenvalue weighted by Crippen LogP contribution is 2.22. The van der Waals surface area contributed by atoms with Crippen LogP contribution in [0, 0.1) is 26.6 Å². The second kappa shape index (κ2) is 8.05. The summed E-state index contributed by atoms with van der Waals surface area (Å²) >= 11 is 0. The highest BCUT2D eigenvalue weighted by Gasteiger charge is 2.19. The van der Waals surface area contributed by atoms with Crippen molar-refractivity contribution in [3.8, 4) is 0 Å². The van der Waals surface area contributed by atoms with Crippen molar-refractivity contribution in [2.75, 3.05) is 10.0 Å². The van der Waals surface area contributed by atoms with Crippen LogP contribution in [0.4, 0.5) is 15.8 Å². The molecule has 0 aromatic heterocycles. The fraction of sp³-hybridized carbons (Fsp3) is 0.136. The van der Waals surface area contributed by atoms with Crippen LogP contribution in [0.3, 0.4) is 0 Å². The number of hydrogen-bond acceptors (Lipinski definition) is 3. The van der Waals surface area contributed by atoms with Gasteiger partial charge in [-0.2, -0.15) is 0 Å². The van der Waals surface area contributed by atoms with Crippen molar-refractivity contribution in [2.45, 2.75) is 25.7 Å². The molecule has 1 amide bonds. The van der Waals surface area contributed by atoms with Gasteiger partial charge in [-0.25, -0.2) is 12.8 Å². The molecule has 0 bridgehead atoms. The molecule has 29 heavy (non-hydrogen) atoms. The van der Waals surface area contributed by atoms with E-state index in [2.05, 4.69) is 10.0 Å². The summed E-state index contributed by atoms with van der Waals surface area (Å²) in [6, 6.07) is 15.3. The van der Waals surface area contributed by atoms with Crippen LogP contribution in [0.5, 0.6) is 0 Å². The molecular formula is C22H21FN2O3S. The Balaban J connectivity index is 1.88. The highest BCUT2D eigenvalue weighted by molar-refractivity contribution is 7.92. The molecule has 0 spiro atoms. The van der Waals surface area contributed by atoms with Crippen molar-refractivity contribution in [1.82, 2.24) is 0 Å². The maximum Gasteiger partial charge on any atom is 0.261 e. The van der Waals surface area contributed by atoms with E-state index in [1.165, 1.54) is 30.3 Å². The first-order valence-electron chi connectivity index (χ1n) is 8.93. The van der Waals surface area contributed by atoms with Crippen LogP contribution in [0.25, 0.3) is 0 Å². The van der Waals surface area contributed by atoms with Gasteiger partial charge in [-0.1, -0.05) is 23.8 Å². The summed E-state index contributed by atoms with van der Waals surface area (Å²) in [4.78, 5) is 12.7. The molecule has 150 valence electrons. The van der Waals surface area contributed by atoms with Gasteiger partial charge >= 0.3 is 0 Å². The van der Waals surface area contributed by atoms with Gasteiger partial charge in [0, 0.05) is 16.9 Å². The van der Waals surface area contributed by atoms with E-state index >= 15 is 0 Å². The van der Waals surface area contributed by atoms with Crippen LogP contribution in [-0.4, -0.2) is 14.3 Å². The van der Waals surface area contributed by atoms with E-state index in [9.17, 15) is 17.6 Å². The van der Waals surface area contributed by atoms with Crippen LogP contribution in [0.2, 0.25) is 0 Å². The van der Waals surface area contributed by atoms with Gasteiger partial charge < -0.3 is 5.32 Å². The second-order valence-electron chi connectivity index (χ2n) is 6.86. The third kappa shape index (κ3) is 4.81. The molecule has 7 heteroatoms. The lowest BCUT2D eigenvalue weighted by Crippen LogP contribution is -2.17. The fourth-order valence-electron chi connectivity index (χ4n) is 2.81. The topological polar surface area (TPSA) is 75.3 Å². The summed E-state index contributed by atoms with van der Waals surface area (Å²) in [5.74, 6) is -0.864. The zero-order chi connectivity index (χ0) is 21.2. The average Bonchev–Trinajstić information content (AvgIpc) is 2.66. The molecule has 0 aliphatic heterocycles. The Morgan fingerprint density at radius 2 is 1.55 bits per heavy atom. The molecule has 0 heterocycles. The van der Waals surface area contributed by atoms with Crippen molar-refractivity contribution in [3.63, 3.8) is 0 Å². The van der Waals surface area contributed by atoms with Gasteiger partial charge in [-0.3, -0.25) is 9.52 Å². The first-order valence-corrected chi connectivity index (χ1v) is 10.4. The minimum absolute atomic E-state index is 0.0235. The summed E-state index contributed by atoms with van der Waals surface area (Å²) in [6.07, 6.45) is 0. The van der Waals surface area contributed by atoms with Gasteiger partial charge in [0.15, 0.2) is 0 Å². The molecule has 0 atom stereocenters. The number of anilines is 2. The summed E-state index contributed by atoms with van der Waals surface area (Å²) in [5.41, 5.74) is 3.32. The Hall–Kier alpha value is -3.19. The van der Waals surface area contributed by atoms with Crippen molar-refractivity contribution in [1.29, 1.82) is 0 Å². The third-order valence-electron chi connectivity index (χ3n) is 4.50. The minimum atomic E-state index is -3.87. The number of benzene rings is 3. The molecule has 3 rings (SSSR count). The van der Waals surface area contributed by atoms with E-state index in [-0.39, 0.29) is 10.5 Å². The Morgan fingerprint density at radius 1 is 0.862 bits per heavy atom. The van der Waals surface area contributed by atoms with Crippen LogP contribution in [-0.2, 0) is 10.0 Å². The smallest absolute Gasteiger partial charge is 0.261 e. The van der Waals surface area contributed by atoms with Gasteiger partial charge in [-0.05, 0) is 74.4 Å². The number of nitrogens with one attached hydrogen (secondary N) is 2. The number of hydrogen-bond donors (Lipinski definition) is 2. The zero-order valence-electron chi connectivity index (χ0n) is 16.3. The van der Waals surface area contributed by atoms with Crippen molar-refractivity contribution >= 4 is 27.3 Å². The second-order valence-corrected chi connectivity index (χ2v) is 8.54. The van der Waals surface area contributed by atoms with Crippen LogP contribution in [0.1, 0.15) is 27.0 Å². The Labute approximate surface area is 169 Å². The lowest BCUT2D eigenvalue weighted by Gasteiger charge is -2.13. The average molecular weight is 412 g/mol. The van der Waals surface area contributed by atoms with Gasteiger partial charge in [0.25, 0.3) is 15.9 Å². The number of halogens is 1. The van der Waals surface area contributed by atoms with Crippen LogP contribution < -0.4 is 10.0 Å². The lowest BCUT2D eigenvalue weighted by atomic mass is 10.1. The molecule has 0 radical (unpaired) electrons. The maximum atomic E-state index is 13.3. The van der Waals surface area contributed by atoms with E-state index in [1.54, 1.807) is 44.2 Å². The monoisotopic (exact) mass is 412 g/mol. The molecular weight excluding hydrogens is 391 g/mol. The van der Waals surface area contributed by atoms with Gasteiger partial charge in [0.05, 0.1) is 4.90 Å². The lowest BCUT2D eigenvalue weighted by molar-refractivity contribution is 0.102. The molecule has 0 aliphatic carbocycles. The summed E-state index contributed by atoms with van der Waals surface area (Å²) in [7, 11) is -3.87. The van der Waals surface area contributed by atoms with Gasteiger partial charge in [-0.15, -0.1) is 0 Å². The molecule has 3 aromatic carbocycles. The largest absolute Gasteiger partial charge is 0.322 e. The van der Waals surface area contributed by atoms with Crippen molar-refractivity contribution in [3.05, 3.63) is 88.7 Å². The number of aryl methyl sites for hydroxylation is 3. The third-order valence-corrected chi connectivity index (χ3v) is 5.88. The molecule has 0 aliphatic rings. The number of sulfonamides is 1. The first kappa shape index (κ1) is 20.5. The maximum absolute atomic E-state index is 13.3. The van der Waals surface area contributed by atoms with E-state index in [0.717, 1.165) is 5.56 Å².